The predicted octanol–water partition coefficient (Wildman–Crippen LogP) is 3.14. The molecule has 150 valence electrons. The monoisotopic (exact) mass is 396 g/mol. The maximum Gasteiger partial charge on any atom is 0.331 e. The van der Waals surface area contributed by atoms with Gasteiger partial charge in [0.25, 0.3) is 11.6 Å². The number of rotatable bonds is 6. The third-order valence-electron chi connectivity index (χ3n) is 4.58. The number of para-hydroxylation sites is 1. The van der Waals surface area contributed by atoms with Crippen molar-refractivity contribution in [2.75, 3.05) is 25.2 Å². The first-order valence-corrected chi connectivity index (χ1v) is 9.05. The Labute approximate surface area is 167 Å². The molecular weight excluding hydrogens is 376 g/mol. The number of aryl methyl sites for hydroxylation is 1. The number of hydrogen-bond acceptors (Lipinski definition) is 6. The molecule has 0 spiro atoms. The molecule has 0 atom stereocenters. The second-order valence-corrected chi connectivity index (χ2v) is 6.40. The van der Waals surface area contributed by atoms with Gasteiger partial charge in [0.2, 0.25) is 0 Å². The van der Waals surface area contributed by atoms with E-state index in [9.17, 15) is 19.7 Å². The smallest absolute Gasteiger partial charge is 0.331 e. The normalized spacial score (nSPS) is 13.1. The zero-order valence-electron chi connectivity index (χ0n) is 15.9. The molecule has 0 saturated heterocycles. The van der Waals surface area contributed by atoms with Gasteiger partial charge in [0.05, 0.1) is 17.6 Å². The maximum atomic E-state index is 12.5. The van der Waals surface area contributed by atoms with Crippen LogP contribution in [-0.4, -0.2) is 37.1 Å². The molecule has 1 heterocycles. The number of carbonyl (C=O) groups is 2. The van der Waals surface area contributed by atoms with Gasteiger partial charge in [-0.15, -0.1) is 0 Å². The summed E-state index contributed by atoms with van der Waals surface area (Å²) in [7, 11) is 1.59. The van der Waals surface area contributed by atoms with Crippen LogP contribution < -0.4 is 9.64 Å². The number of nitro benzene ring substituents is 1. The fourth-order valence-electron chi connectivity index (χ4n) is 3.17. The van der Waals surface area contributed by atoms with Gasteiger partial charge in [-0.3, -0.25) is 14.9 Å². The summed E-state index contributed by atoms with van der Waals surface area (Å²) in [5.74, 6) is -0.350. The molecule has 0 fully saturated rings. The summed E-state index contributed by atoms with van der Waals surface area (Å²) in [5, 5.41) is 11.0. The Bertz CT molecular complexity index is 969. The highest BCUT2D eigenvalue weighted by atomic mass is 16.6. The van der Waals surface area contributed by atoms with Gasteiger partial charge in [0.1, 0.15) is 5.75 Å². The van der Waals surface area contributed by atoms with Crippen LogP contribution in [0, 0.1) is 10.1 Å². The fourth-order valence-corrected chi connectivity index (χ4v) is 3.17. The molecule has 2 aromatic rings. The number of methoxy groups -OCH3 is 1. The maximum absolute atomic E-state index is 12.5. The molecule has 1 amide bonds. The van der Waals surface area contributed by atoms with E-state index in [2.05, 4.69) is 0 Å². The molecule has 0 aliphatic carbocycles. The van der Waals surface area contributed by atoms with E-state index in [0.717, 1.165) is 35.9 Å². The summed E-state index contributed by atoms with van der Waals surface area (Å²) in [4.78, 5) is 36.5. The quantitative estimate of drug-likeness (QED) is 0.322. The lowest BCUT2D eigenvalue weighted by Gasteiger charge is -2.29. The summed E-state index contributed by atoms with van der Waals surface area (Å²) in [6.45, 7) is 0.132. The van der Waals surface area contributed by atoms with Gasteiger partial charge in [0, 0.05) is 24.4 Å². The summed E-state index contributed by atoms with van der Waals surface area (Å²) in [6, 6.07) is 11.5. The van der Waals surface area contributed by atoms with Crippen LogP contribution in [0.1, 0.15) is 17.5 Å². The van der Waals surface area contributed by atoms with Crippen molar-refractivity contribution < 1.29 is 24.0 Å². The average Bonchev–Trinajstić information content (AvgIpc) is 2.75. The van der Waals surface area contributed by atoms with Crippen LogP contribution in [-0.2, 0) is 20.7 Å². The predicted molar refractivity (Wildman–Crippen MR) is 107 cm³/mol. The Morgan fingerprint density at radius 2 is 2.03 bits per heavy atom. The Hall–Kier alpha value is -3.68. The van der Waals surface area contributed by atoms with Gasteiger partial charge >= 0.3 is 5.97 Å². The molecule has 0 unspecified atom stereocenters. The van der Waals surface area contributed by atoms with Gasteiger partial charge in [-0.2, -0.15) is 0 Å². The molecule has 3 rings (SSSR count). The lowest BCUT2D eigenvalue weighted by atomic mass is 10.0. The van der Waals surface area contributed by atoms with Crippen LogP contribution in [0.15, 0.2) is 48.5 Å². The first kappa shape index (κ1) is 20.1. The summed E-state index contributed by atoms with van der Waals surface area (Å²) in [6.07, 6.45) is 4.02. The molecule has 0 aromatic heterocycles. The lowest BCUT2D eigenvalue weighted by molar-refractivity contribution is -0.385. The second kappa shape index (κ2) is 9.01. The topological polar surface area (TPSA) is 99.0 Å². The molecule has 0 bridgehead atoms. The molecule has 8 heteroatoms. The van der Waals surface area contributed by atoms with E-state index in [1.165, 1.54) is 18.2 Å². The van der Waals surface area contributed by atoms with Crippen molar-refractivity contribution in [3.8, 4) is 5.75 Å². The molecule has 1 aliphatic heterocycles. The number of fused-ring (bicyclic) bond motifs is 1. The van der Waals surface area contributed by atoms with E-state index in [0.29, 0.717) is 6.54 Å². The average molecular weight is 396 g/mol. The molecular formula is C21H20N2O6. The Morgan fingerprint density at radius 3 is 2.79 bits per heavy atom. The highest BCUT2D eigenvalue weighted by Crippen LogP contribution is 2.30. The largest absolute Gasteiger partial charge is 0.497 e. The van der Waals surface area contributed by atoms with Crippen LogP contribution in [0.5, 0.6) is 5.75 Å². The molecule has 29 heavy (non-hydrogen) atoms. The van der Waals surface area contributed by atoms with Crippen molar-refractivity contribution in [2.24, 2.45) is 0 Å². The second-order valence-electron chi connectivity index (χ2n) is 6.40. The highest BCUT2D eigenvalue weighted by molar-refractivity contribution is 5.97. The highest BCUT2D eigenvalue weighted by Gasteiger charge is 2.23. The van der Waals surface area contributed by atoms with Crippen LogP contribution in [0.25, 0.3) is 6.08 Å². The van der Waals surface area contributed by atoms with E-state index in [1.54, 1.807) is 30.2 Å². The summed E-state index contributed by atoms with van der Waals surface area (Å²) in [5.41, 5.74) is 1.95. The third kappa shape index (κ3) is 4.78. The lowest BCUT2D eigenvalue weighted by Crippen LogP contribution is -2.38. The van der Waals surface area contributed by atoms with Gasteiger partial charge < -0.3 is 14.4 Å². The van der Waals surface area contributed by atoms with E-state index >= 15 is 0 Å². The Kier molecular flexibility index (Phi) is 6.23. The van der Waals surface area contributed by atoms with E-state index in [4.69, 9.17) is 9.47 Å². The van der Waals surface area contributed by atoms with Crippen LogP contribution in [0.3, 0.4) is 0 Å². The van der Waals surface area contributed by atoms with Crippen molar-refractivity contribution in [1.29, 1.82) is 0 Å². The minimum Gasteiger partial charge on any atom is -0.497 e. The molecule has 8 nitrogen and oxygen atoms in total. The minimum absolute atomic E-state index is 0.118. The SMILES string of the molecule is COc1ccc2c(c1)CCCN2C(=O)COC(=O)/C=C/c1ccccc1[N+](=O)[O-]. The third-order valence-corrected chi connectivity index (χ3v) is 4.58. The fraction of sp³-hybridized carbons (Fsp3) is 0.238. The van der Waals surface area contributed by atoms with Gasteiger partial charge in [-0.05, 0) is 48.7 Å². The van der Waals surface area contributed by atoms with Gasteiger partial charge in [-0.25, -0.2) is 4.79 Å². The first-order chi connectivity index (χ1) is 14.0. The Morgan fingerprint density at radius 1 is 1.24 bits per heavy atom. The standard InChI is InChI=1S/C21H20N2O6/c1-28-17-9-10-18-16(13-17)6-4-12-22(18)20(24)14-29-21(25)11-8-15-5-2-3-7-19(15)23(26)27/h2-3,5,7-11,13H,4,6,12,14H2,1H3/b11-8+. The van der Waals surface area contributed by atoms with Crippen LogP contribution in [0.2, 0.25) is 0 Å². The number of amides is 1. The van der Waals surface area contributed by atoms with E-state index < -0.39 is 17.5 Å². The molecule has 2 aromatic carbocycles. The molecule has 1 aliphatic rings. The number of carbonyl (C=O) groups excluding carboxylic acids is 2. The van der Waals surface area contributed by atoms with Crippen molar-refractivity contribution in [3.05, 3.63) is 69.8 Å². The number of esters is 1. The number of nitro groups is 1. The zero-order valence-corrected chi connectivity index (χ0v) is 15.9. The van der Waals surface area contributed by atoms with Crippen molar-refractivity contribution in [1.82, 2.24) is 0 Å². The number of nitrogens with zero attached hydrogens (tertiary/aromatic N) is 2. The van der Waals surface area contributed by atoms with Crippen LogP contribution in [0.4, 0.5) is 11.4 Å². The van der Waals surface area contributed by atoms with Crippen LogP contribution >= 0.6 is 0 Å². The van der Waals surface area contributed by atoms with E-state index in [1.807, 2.05) is 12.1 Å². The molecule has 0 saturated carbocycles. The van der Waals surface area contributed by atoms with E-state index in [-0.39, 0.29) is 17.2 Å². The van der Waals surface area contributed by atoms with Gasteiger partial charge in [0.15, 0.2) is 6.61 Å². The zero-order chi connectivity index (χ0) is 20.8. The number of anilines is 1. The number of hydrogen-bond donors (Lipinski definition) is 0. The first-order valence-electron chi connectivity index (χ1n) is 9.05. The van der Waals surface area contributed by atoms with Crippen molar-refractivity contribution >= 4 is 29.3 Å². The van der Waals surface area contributed by atoms with Crippen molar-refractivity contribution in [2.45, 2.75) is 12.8 Å². The minimum atomic E-state index is -0.747. The van der Waals surface area contributed by atoms with Crippen molar-refractivity contribution in [3.63, 3.8) is 0 Å². The number of ether oxygens (including phenoxy) is 2. The van der Waals surface area contributed by atoms with Gasteiger partial charge in [-0.1, -0.05) is 12.1 Å². The molecule has 0 radical (unpaired) electrons. The summed E-state index contributed by atoms with van der Waals surface area (Å²) >= 11 is 0. The summed E-state index contributed by atoms with van der Waals surface area (Å²) < 4.78 is 10.2. The molecule has 0 N–H and O–H groups in total. The number of benzene rings is 2. The Balaban J connectivity index is 1.62.